The normalized spacial score (nSPS) is 18.2. The maximum atomic E-state index is 12.8. The van der Waals surface area contributed by atoms with Crippen LogP contribution in [0.25, 0.3) is 4.83 Å². The predicted octanol–water partition coefficient (Wildman–Crippen LogP) is 3.08. The SMILES string of the molecule is Cc1ncc2sc(C(=O)N3CCCC3c3ccccc3)nn12. The van der Waals surface area contributed by atoms with Gasteiger partial charge in [0.15, 0.2) is 0 Å². The molecule has 2 aromatic heterocycles. The molecule has 1 amide bonds. The van der Waals surface area contributed by atoms with Crippen LogP contribution >= 0.6 is 11.3 Å². The summed E-state index contributed by atoms with van der Waals surface area (Å²) in [5.41, 5.74) is 1.20. The number of hydrogen-bond donors (Lipinski definition) is 0. The van der Waals surface area contributed by atoms with E-state index in [1.54, 1.807) is 10.7 Å². The minimum absolute atomic E-state index is 0.0273. The molecule has 3 heterocycles. The lowest BCUT2D eigenvalue weighted by molar-refractivity contribution is 0.0734. The number of amides is 1. The van der Waals surface area contributed by atoms with Gasteiger partial charge in [-0.25, -0.2) is 9.50 Å². The summed E-state index contributed by atoms with van der Waals surface area (Å²) in [6, 6.07) is 10.4. The summed E-state index contributed by atoms with van der Waals surface area (Å²) in [7, 11) is 0. The third-order valence-corrected chi connectivity index (χ3v) is 5.09. The highest BCUT2D eigenvalue weighted by molar-refractivity contribution is 7.18. The number of fused-ring (bicyclic) bond motifs is 1. The first-order valence-electron chi connectivity index (χ1n) is 7.41. The molecule has 0 N–H and O–H groups in total. The molecular formula is C16H16N4OS. The van der Waals surface area contributed by atoms with E-state index in [-0.39, 0.29) is 11.9 Å². The van der Waals surface area contributed by atoms with Crippen molar-refractivity contribution in [3.63, 3.8) is 0 Å². The number of carbonyl (C=O) groups excluding carboxylic acids is 1. The number of hydrogen-bond acceptors (Lipinski definition) is 4. The average Bonchev–Trinajstić information content (AvgIpc) is 3.25. The second-order valence-corrected chi connectivity index (χ2v) is 6.54. The van der Waals surface area contributed by atoms with Gasteiger partial charge < -0.3 is 4.90 Å². The topological polar surface area (TPSA) is 50.5 Å². The fourth-order valence-electron chi connectivity index (χ4n) is 3.06. The number of benzene rings is 1. The van der Waals surface area contributed by atoms with Gasteiger partial charge in [-0.3, -0.25) is 4.79 Å². The number of carbonyl (C=O) groups is 1. The molecule has 22 heavy (non-hydrogen) atoms. The summed E-state index contributed by atoms with van der Waals surface area (Å²) >= 11 is 1.41. The van der Waals surface area contributed by atoms with E-state index in [4.69, 9.17) is 0 Å². The number of rotatable bonds is 2. The Morgan fingerprint density at radius 3 is 2.91 bits per heavy atom. The minimum Gasteiger partial charge on any atom is -0.329 e. The summed E-state index contributed by atoms with van der Waals surface area (Å²) < 4.78 is 1.74. The van der Waals surface area contributed by atoms with Crippen LogP contribution in [0.15, 0.2) is 36.5 Å². The Balaban J connectivity index is 1.66. The Bertz CT molecular complexity index is 823. The van der Waals surface area contributed by atoms with E-state index in [0.29, 0.717) is 5.01 Å². The molecule has 0 bridgehead atoms. The molecule has 1 aromatic carbocycles. The summed E-state index contributed by atoms with van der Waals surface area (Å²) in [5, 5.41) is 4.97. The van der Waals surface area contributed by atoms with Crippen LogP contribution in [-0.4, -0.2) is 31.9 Å². The zero-order chi connectivity index (χ0) is 15.1. The summed E-state index contributed by atoms with van der Waals surface area (Å²) in [4.78, 5) is 19.9. The van der Waals surface area contributed by atoms with Gasteiger partial charge in [-0.05, 0) is 25.3 Å². The second kappa shape index (κ2) is 5.21. The lowest BCUT2D eigenvalue weighted by Crippen LogP contribution is -2.30. The van der Waals surface area contributed by atoms with Crippen LogP contribution in [0.1, 0.15) is 40.1 Å². The van der Waals surface area contributed by atoms with Crippen molar-refractivity contribution < 1.29 is 4.79 Å². The molecule has 112 valence electrons. The standard InChI is InChI=1S/C16H16N4OS/c1-11-17-10-14-20(11)18-15(22-14)16(21)19-9-5-8-13(19)12-6-3-2-4-7-12/h2-4,6-7,10,13H,5,8-9H2,1H3. The third-order valence-electron chi connectivity index (χ3n) is 4.15. The highest BCUT2D eigenvalue weighted by Gasteiger charge is 2.32. The van der Waals surface area contributed by atoms with Crippen LogP contribution in [0.2, 0.25) is 0 Å². The van der Waals surface area contributed by atoms with Crippen LogP contribution in [0, 0.1) is 6.92 Å². The van der Waals surface area contributed by atoms with Gasteiger partial charge in [-0.1, -0.05) is 41.7 Å². The summed E-state index contributed by atoms with van der Waals surface area (Å²) in [6.45, 7) is 2.69. The minimum atomic E-state index is 0.0273. The van der Waals surface area contributed by atoms with E-state index < -0.39 is 0 Å². The van der Waals surface area contributed by atoms with Gasteiger partial charge in [0.2, 0.25) is 5.01 Å². The van der Waals surface area contributed by atoms with Crippen molar-refractivity contribution in [1.82, 2.24) is 19.5 Å². The summed E-state index contributed by atoms with van der Waals surface area (Å²) in [6.07, 6.45) is 3.82. The van der Waals surface area contributed by atoms with Crippen molar-refractivity contribution >= 4 is 22.1 Å². The smallest absolute Gasteiger partial charge is 0.285 e. The van der Waals surface area contributed by atoms with E-state index in [1.165, 1.54) is 16.9 Å². The fraction of sp³-hybridized carbons (Fsp3) is 0.312. The highest BCUT2D eigenvalue weighted by atomic mass is 32.1. The van der Waals surface area contributed by atoms with Gasteiger partial charge >= 0.3 is 0 Å². The molecule has 6 heteroatoms. The quantitative estimate of drug-likeness (QED) is 0.730. The Hall–Kier alpha value is -2.21. The Labute approximate surface area is 132 Å². The molecule has 0 saturated carbocycles. The van der Waals surface area contributed by atoms with Gasteiger partial charge in [0, 0.05) is 6.54 Å². The highest BCUT2D eigenvalue weighted by Crippen LogP contribution is 2.33. The van der Waals surface area contributed by atoms with E-state index in [0.717, 1.165) is 30.0 Å². The van der Waals surface area contributed by atoms with E-state index in [2.05, 4.69) is 22.2 Å². The molecule has 1 fully saturated rings. The largest absolute Gasteiger partial charge is 0.329 e. The Morgan fingerprint density at radius 2 is 2.14 bits per heavy atom. The van der Waals surface area contributed by atoms with Crippen molar-refractivity contribution in [2.45, 2.75) is 25.8 Å². The average molecular weight is 312 g/mol. The number of aryl methyl sites for hydroxylation is 1. The molecule has 0 spiro atoms. The van der Waals surface area contributed by atoms with Gasteiger partial charge in [0.05, 0.1) is 12.2 Å². The maximum Gasteiger partial charge on any atom is 0.285 e. The Kier molecular flexibility index (Phi) is 3.18. The molecule has 1 atom stereocenters. The molecule has 3 aromatic rings. The van der Waals surface area contributed by atoms with Crippen molar-refractivity contribution in [3.05, 3.63) is 52.9 Å². The molecule has 0 radical (unpaired) electrons. The van der Waals surface area contributed by atoms with Crippen molar-refractivity contribution in [2.75, 3.05) is 6.54 Å². The predicted molar refractivity (Wildman–Crippen MR) is 85.1 cm³/mol. The van der Waals surface area contributed by atoms with Gasteiger partial charge in [0.1, 0.15) is 10.7 Å². The number of likely N-dealkylation sites (tertiary alicyclic amines) is 1. The molecule has 5 nitrogen and oxygen atoms in total. The van der Waals surface area contributed by atoms with Gasteiger partial charge in [-0.15, -0.1) is 5.10 Å². The molecule has 0 aliphatic carbocycles. The molecule has 4 rings (SSSR count). The molecule has 1 unspecified atom stereocenters. The molecule has 1 aliphatic rings. The number of imidazole rings is 1. The summed E-state index contributed by atoms with van der Waals surface area (Å²) in [5.74, 6) is 0.839. The van der Waals surface area contributed by atoms with Crippen LogP contribution in [0.5, 0.6) is 0 Å². The Morgan fingerprint density at radius 1 is 1.32 bits per heavy atom. The van der Waals surface area contributed by atoms with Crippen LogP contribution in [0.3, 0.4) is 0 Å². The number of nitrogens with zero attached hydrogens (tertiary/aromatic N) is 4. The van der Waals surface area contributed by atoms with E-state index in [1.807, 2.05) is 30.0 Å². The van der Waals surface area contributed by atoms with Gasteiger partial charge in [-0.2, -0.15) is 0 Å². The fourth-order valence-corrected chi connectivity index (χ4v) is 3.95. The zero-order valence-corrected chi connectivity index (χ0v) is 13.1. The lowest BCUT2D eigenvalue weighted by atomic mass is 10.0. The first-order chi connectivity index (χ1) is 10.7. The monoisotopic (exact) mass is 312 g/mol. The van der Waals surface area contributed by atoms with Crippen molar-refractivity contribution in [2.24, 2.45) is 0 Å². The van der Waals surface area contributed by atoms with Crippen LogP contribution < -0.4 is 0 Å². The molecule has 1 aliphatic heterocycles. The van der Waals surface area contributed by atoms with Crippen molar-refractivity contribution in [1.29, 1.82) is 0 Å². The first kappa shape index (κ1) is 13.5. The van der Waals surface area contributed by atoms with Gasteiger partial charge in [0.25, 0.3) is 5.91 Å². The number of aromatic nitrogens is 3. The molecular weight excluding hydrogens is 296 g/mol. The van der Waals surface area contributed by atoms with E-state index >= 15 is 0 Å². The lowest BCUT2D eigenvalue weighted by Gasteiger charge is -2.24. The third kappa shape index (κ3) is 2.11. The zero-order valence-electron chi connectivity index (χ0n) is 12.3. The molecule has 1 saturated heterocycles. The first-order valence-corrected chi connectivity index (χ1v) is 8.23. The van der Waals surface area contributed by atoms with Crippen molar-refractivity contribution in [3.8, 4) is 0 Å². The van der Waals surface area contributed by atoms with Crippen LogP contribution in [0.4, 0.5) is 0 Å². The van der Waals surface area contributed by atoms with Crippen LogP contribution in [-0.2, 0) is 0 Å². The maximum absolute atomic E-state index is 12.8. The second-order valence-electron chi connectivity index (χ2n) is 5.53. The van der Waals surface area contributed by atoms with E-state index in [9.17, 15) is 4.79 Å².